The van der Waals surface area contributed by atoms with Gasteiger partial charge in [-0.2, -0.15) is 0 Å². The molecule has 0 spiro atoms. The van der Waals surface area contributed by atoms with Crippen molar-refractivity contribution in [3.63, 3.8) is 0 Å². The van der Waals surface area contributed by atoms with Crippen LogP contribution in [0.5, 0.6) is 5.75 Å². The number of para-hydroxylation sites is 1. The van der Waals surface area contributed by atoms with Crippen molar-refractivity contribution in [1.82, 2.24) is 0 Å². The first-order chi connectivity index (χ1) is 7.65. The Bertz CT molecular complexity index is 269. The molecule has 1 aromatic carbocycles. The zero-order chi connectivity index (χ0) is 12.4. The van der Waals surface area contributed by atoms with Gasteiger partial charge in [-0.25, -0.2) is 0 Å². The minimum absolute atomic E-state index is 0.306. The minimum Gasteiger partial charge on any atom is -0.496 e. The number of methoxy groups -OCH3 is 1. The lowest BCUT2D eigenvalue weighted by Crippen LogP contribution is -1.90. The molecular formula is C14H24O2. The Morgan fingerprint density at radius 1 is 1.25 bits per heavy atom. The van der Waals surface area contributed by atoms with Gasteiger partial charge in [0.15, 0.2) is 0 Å². The van der Waals surface area contributed by atoms with E-state index in [0.29, 0.717) is 12.5 Å². The molecule has 0 saturated heterocycles. The highest BCUT2D eigenvalue weighted by Crippen LogP contribution is 2.18. The first kappa shape index (κ1) is 15.0. The van der Waals surface area contributed by atoms with Gasteiger partial charge < -0.3 is 9.84 Å². The SMILES string of the molecule is CC(C)CO.CCCc1ccccc1OC. The number of benzene rings is 1. The lowest BCUT2D eigenvalue weighted by atomic mass is 10.1. The highest BCUT2D eigenvalue weighted by Gasteiger charge is 1.97. The number of aliphatic hydroxyl groups excluding tert-OH is 1. The molecule has 2 nitrogen and oxygen atoms in total. The second-order valence-corrected chi connectivity index (χ2v) is 4.14. The van der Waals surface area contributed by atoms with Gasteiger partial charge in [-0.05, 0) is 24.0 Å². The average molecular weight is 224 g/mol. The lowest BCUT2D eigenvalue weighted by Gasteiger charge is -2.05. The maximum atomic E-state index is 8.14. The van der Waals surface area contributed by atoms with Crippen molar-refractivity contribution in [2.45, 2.75) is 33.6 Å². The number of ether oxygens (including phenoxy) is 1. The van der Waals surface area contributed by atoms with E-state index in [1.807, 2.05) is 32.0 Å². The summed E-state index contributed by atoms with van der Waals surface area (Å²) >= 11 is 0. The molecule has 0 atom stereocenters. The van der Waals surface area contributed by atoms with Gasteiger partial charge in [-0.1, -0.05) is 45.4 Å². The van der Waals surface area contributed by atoms with Crippen LogP contribution >= 0.6 is 0 Å². The number of rotatable bonds is 4. The Balaban J connectivity index is 0.000000385. The molecule has 0 aromatic heterocycles. The van der Waals surface area contributed by atoms with Gasteiger partial charge in [-0.15, -0.1) is 0 Å². The first-order valence-corrected chi connectivity index (χ1v) is 5.88. The summed E-state index contributed by atoms with van der Waals surface area (Å²) in [6.45, 7) is 6.42. The fourth-order valence-corrected chi connectivity index (χ4v) is 1.18. The predicted octanol–water partition coefficient (Wildman–Crippen LogP) is 3.28. The summed E-state index contributed by atoms with van der Waals surface area (Å²) in [5, 5.41) is 8.14. The summed E-state index contributed by atoms with van der Waals surface area (Å²) in [4.78, 5) is 0. The van der Waals surface area contributed by atoms with Gasteiger partial charge in [0.1, 0.15) is 5.75 Å². The summed E-state index contributed by atoms with van der Waals surface area (Å²) in [5.74, 6) is 1.45. The van der Waals surface area contributed by atoms with Gasteiger partial charge in [0.2, 0.25) is 0 Å². The Kier molecular flexibility index (Phi) is 8.64. The molecule has 0 aliphatic heterocycles. The maximum Gasteiger partial charge on any atom is 0.122 e. The summed E-state index contributed by atoms with van der Waals surface area (Å²) in [6, 6.07) is 8.17. The molecule has 2 heteroatoms. The Morgan fingerprint density at radius 2 is 1.81 bits per heavy atom. The van der Waals surface area contributed by atoms with Crippen LogP contribution in [-0.2, 0) is 6.42 Å². The van der Waals surface area contributed by atoms with Crippen molar-refractivity contribution in [1.29, 1.82) is 0 Å². The second-order valence-electron chi connectivity index (χ2n) is 4.14. The normalized spacial score (nSPS) is 9.62. The van der Waals surface area contributed by atoms with Gasteiger partial charge in [-0.3, -0.25) is 0 Å². The van der Waals surface area contributed by atoms with Crippen LogP contribution in [0.15, 0.2) is 24.3 Å². The predicted molar refractivity (Wildman–Crippen MR) is 68.9 cm³/mol. The van der Waals surface area contributed by atoms with Crippen molar-refractivity contribution in [3.8, 4) is 5.75 Å². The molecule has 0 radical (unpaired) electrons. The zero-order valence-corrected chi connectivity index (χ0v) is 10.9. The van der Waals surface area contributed by atoms with E-state index in [-0.39, 0.29) is 0 Å². The highest BCUT2D eigenvalue weighted by molar-refractivity contribution is 5.33. The summed E-state index contributed by atoms with van der Waals surface area (Å²) < 4.78 is 5.20. The van der Waals surface area contributed by atoms with E-state index in [1.165, 1.54) is 12.0 Å². The largest absolute Gasteiger partial charge is 0.496 e. The Morgan fingerprint density at radius 3 is 2.25 bits per heavy atom. The van der Waals surface area contributed by atoms with Crippen LogP contribution in [-0.4, -0.2) is 18.8 Å². The fourth-order valence-electron chi connectivity index (χ4n) is 1.18. The van der Waals surface area contributed by atoms with E-state index in [9.17, 15) is 0 Å². The third-order valence-electron chi connectivity index (χ3n) is 2.08. The van der Waals surface area contributed by atoms with Crippen LogP contribution in [0.1, 0.15) is 32.8 Å². The Labute approximate surface area is 99.3 Å². The van der Waals surface area contributed by atoms with Gasteiger partial charge >= 0.3 is 0 Å². The van der Waals surface area contributed by atoms with Crippen LogP contribution in [0.25, 0.3) is 0 Å². The van der Waals surface area contributed by atoms with Crippen LogP contribution in [0.4, 0.5) is 0 Å². The van der Waals surface area contributed by atoms with Crippen molar-refractivity contribution < 1.29 is 9.84 Å². The van der Waals surface area contributed by atoms with E-state index in [2.05, 4.69) is 13.0 Å². The molecule has 1 rings (SSSR count). The molecule has 0 amide bonds. The van der Waals surface area contributed by atoms with Crippen molar-refractivity contribution in [2.24, 2.45) is 5.92 Å². The average Bonchev–Trinajstić information content (AvgIpc) is 2.31. The molecule has 0 aliphatic carbocycles. The number of aryl methyl sites for hydroxylation is 1. The number of hydrogen-bond acceptors (Lipinski definition) is 2. The second kappa shape index (κ2) is 9.22. The zero-order valence-electron chi connectivity index (χ0n) is 10.9. The number of hydrogen-bond donors (Lipinski definition) is 1. The van der Waals surface area contributed by atoms with Crippen molar-refractivity contribution >= 4 is 0 Å². The molecule has 0 unspecified atom stereocenters. The van der Waals surface area contributed by atoms with E-state index >= 15 is 0 Å². The molecule has 0 bridgehead atoms. The fraction of sp³-hybridized carbons (Fsp3) is 0.571. The molecule has 0 heterocycles. The quantitative estimate of drug-likeness (QED) is 0.850. The lowest BCUT2D eigenvalue weighted by molar-refractivity contribution is 0.248. The minimum atomic E-state index is 0.306. The topological polar surface area (TPSA) is 29.5 Å². The monoisotopic (exact) mass is 224 g/mol. The van der Waals surface area contributed by atoms with Crippen LogP contribution in [0.3, 0.4) is 0 Å². The number of aliphatic hydroxyl groups is 1. The first-order valence-electron chi connectivity index (χ1n) is 5.88. The third-order valence-corrected chi connectivity index (χ3v) is 2.08. The summed E-state index contributed by atoms with van der Waals surface area (Å²) in [7, 11) is 1.72. The highest BCUT2D eigenvalue weighted by atomic mass is 16.5. The van der Waals surface area contributed by atoms with Crippen molar-refractivity contribution in [2.75, 3.05) is 13.7 Å². The summed E-state index contributed by atoms with van der Waals surface area (Å²) in [5.41, 5.74) is 1.30. The molecular weight excluding hydrogens is 200 g/mol. The van der Waals surface area contributed by atoms with Crippen LogP contribution < -0.4 is 4.74 Å². The molecule has 16 heavy (non-hydrogen) atoms. The molecule has 1 N–H and O–H groups in total. The molecule has 0 aliphatic rings. The molecule has 92 valence electrons. The van der Waals surface area contributed by atoms with Gasteiger partial charge in [0.05, 0.1) is 7.11 Å². The van der Waals surface area contributed by atoms with Gasteiger partial charge in [0, 0.05) is 6.61 Å². The summed E-state index contributed by atoms with van der Waals surface area (Å²) in [6.07, 6.45) is 2.27. The molecule has 0 saturated carbocycles. The smallest absolute Gasteiger partial charge is 0.122 e. The Hall–Kier alpha value is -1.02. The maximum absolute atomic E-state index is 8.14. The van der Waals surface area contributed by atoms with Crippen LogP contribution in [0, 0.1) is 5.92 Å². The van der Waals surface area contributed by atoms with Gasteiger partial charge in [0.25, 0.3) is 0 Å². The van der Waals surface area contributed by atoms with E-state index in [0.717, 1.165) is 12.2 Å². The molecule has 1 aromatic rings. The van der Waals surface area contributed by atoms with Crippen molar-refractivity contribution in [3.05, 3.63) is 29.8 Å². The third kappa shape index (κ3) is 6.46. The standard InChI is InChI=1S/C10H14O.C4H10O/c1-3-6-9-7-4-5-8-10(9)11-2;1-4(2)3-5/h4-5,7-8H,3,6H2,1-2H3;4-5H,3H2,1-2H3. The van der Waals surface area contributed by atoms with E-state index in [4.69, 9.17) is 9.84 Å². The van der Waals surface area contributed by atoms with E-state index < -0.39 is 0 Å². The van der Waals surface area contributed by atoms with E-state index in [1.54, 1.807) is 7.11 Å². The molecule has 0 fully saturated rings. The van der Waals surface area contributed by atoms with Crippen LogP contribution in [0.2, 0.25) is 0 Å².